The van der Waals surface area contributed by atoms with E-state index in [0.717, 1.165) is 12.8 Å². The summed E-state index contributed by atoms with van der Waals surface area (Å²) in [5.41, 5.74) is 0. The summed E-state index contributed by atoms with van der Waals surface area (Å²) in [5, 5.41) is 0. The molecule has 0 aromatic heterocycles. The van der Waals surface area contributed by atoms with E-state index in [1.807, 2.05) is 11.8 Å². The average molecular weight is 338 g/mol. The maximum absolute atomic E-state index is 12.4. The van der Waals surface area contributed by atoms with Crippen molar-refractivity contribution < 1.29 is 13.2 Å². The van der Waals surface area contributed by atoms with Gasteiger partial charge in [-0.05, 0) is 31.9 Å². The van der Waals surface area contributed by atoms with Crippen LogP contribution in [0.1, 0.15) is 45.4 Å². The van der Waals surface area contributed by atoms with Crippen molar-refractivity contribution in [3.05, 3.63) is 30.3 Å². The van der Waals surface area contributed by atoms with E-state index in [0.29, 0.717) is 12.6 Å². The molecule has 1 N–H and O–H groups in total. The highest BCUT2D eigenvalue weighted by atomic mass is 32.2. The van der Waals surface area contributed by atoms with Gasteiger partial charge in [0.05, 0.1) is 4.90 Å². The zero-order valence-electron chi connectivity index (χ0n) is 13.7. The van der Waals surface area contributed by atoms with Crippen molar-refractivity contribution in [1.29, 1.82) is 0 Å². The lowest BCUT2D eigenvalue weighted by molar-refractivity contribution is -0.133. The number of carbonyl (C=O) groups is 1. The molecular weight excluding hydrogens is 312 g/mol. The molecule has 1 saturated carbocycles. The van der Waals surface area contributed by atoms with Gasteiger partial charge in [-0.3, -0.25) is 4.79 Å². The monoisotopic (exact) mass is 338 g/mol. The second-order valence-corrected chi connectivity index (χ2v) is 7.70. The van der Waals surface area contributed by atoms with Gasteiger partial charge in [0.25, 0.3) is 0 Å². The first kappa shape index (κ1) is 17.9. The summed E-state index contributed by atoms with van der Waals surface area (Å²) in [4.78, 5) is 14.5. The fourth-order valence-corrected chi connectivity index (χ4v) is 4.20. The minimum Gasteiger partial charge on any atom is -0.340 e. The van der Waals surface area contributed by atoms with E-state index in [-0.39, 0.29) is 23.8 Å². The molecule has 0 atom stereocenters. The van der Waals surface area contributed by atoms with Crippen LogP contribution in [0.15, 0.2) is 35.2 Å². The molecule has 0 heterocycles. The van der Waals surface area contributed by atoms with Crippen LogP contribution in [0.25, 0.3) is 0 Å². The Morgan fingerprint density at radius 3 is 2.43 bits per heavy atom. The molecule has 23 heavy (non-hydrogen) atoms. The lowest BCUT2D eigenvalue weighted by atomic mass is 9.94. The fourth-order valence-electron chi connectivity index (χ4n) is 3.15. The van der Waals surface area contributed by atoms with Crippen molar-refractivity contribution in [3.63, 3.8) is 0 Å². The number of hydrogen-bond acceptors (Lipinski definition) is 3. The van der Waals surface area contributed by atoms with Gasteiger partial charge in [0, 0.05) is 25.6 Å². The Morgan fingerprint density at radius 2 is 1.83 bits per heavy atom. The van der Waals surface area contributed by atoms with E-state index in [9.17, 15) is 13.2 Å². The smallest absolute Gasteiger partial charge is 0.240 e. The van der Waals surface area contributed by atoms with E-state index in [2.05, 4.69) is 4.72 Å². The Labute approximate surface area is 139 Å². The van der Waals surface area contributed by atoms with Crippen LogP contribution in [0, 0.1) is 0 Å². The highest BCUT2D eigenvalue weighted by Gasteiger charge is 2.24. The van der Waals surface area contributed by atoms with E-state index in [4.69, 9.17) is 0 Å². The van der Waals surface area contributed by atoms with Crippen LogP contribution in [-0.2, 0) is 14.8 Å². The number of rotatable bonds is 7. The Morgan fingerprint density at radius 1 is 1.17 bits per heavy atom. The number of amides is 1. The molecule has 1 aliphatic rings. The van der Waals surface area contributed by atoms with Gasteiger partial charge < -0.3 is 4.90 Å². The number of nitrogens with zero attached hydrogens (tertiary/aromatic N) is 1. The predicted octanol–water partition coefficient (Wildman–Crippen LogP) is 2.54. The Kier molecular flexibility index (Phi) is 6.59. The molecule has 1 aliphatic carbocycles. The summed E-state index contributed by atoms with van der Waals surface area (Å²) in [5.74, 6) is 0.0372. The lowest BCUT2D eigenvalue weighted by Gasteiger charge is -2.33. The first-order chi connectivity index (χ1) is 11.0. The molecular formula is C17H26N2O3S. The molecule has 0 aliphatic heterocycles. The molecule has 5 nitrogen and oxygen atoms in total. The van der Waals surface area contributed by atoms with Gasteiger partial charge in [-0.1, -0.05) is 37.5 Å². The number of sulfonamides is 1. The van der Waals surface area contributed by atoms with Crippen LogP contribution in [0.5, 0.6) is 0 Å². The molecule has 6 heteroatoms. The van der Waals surface area contributed by atoms with Crippen LogP contribution in [0.2, 0.25) is 0 Å². The molecule has 0 unspecified atom stereocenters. The topological polar surface area (TPSA) is 66.5 Å². The molecule has 0 spiro atoms. The van der Waals surface area contributed by atoms with Crippen LogP contribution >= 0.6 is 0 Å². The zero-order valence-corrected chi connectivity index (χ0v) is 14.5. The molecule has 0 bridgehead atoms. The Bertz CT molecular complexity index is 596. The predicted molar refractivity (Wildman–Crippen MR) is 90.5 cm³/mol. The van der Waals surface area contributed by atoms with Crippen LogP contribution in [-0.4, -0.2) is 38.4 Å². The van der Waals surface area contributed by atoms with Crippen molar-refractivity contribution in [2.24, 2.45) is 0 Å². The van der Waals surface area contributed by atoms with Crippen molar-refractivity contribution in [1.82, 2.24) is 9.62 Å². The van der Waals surface area contributed by atoms with Gasteiger partial charge >= 0.3 is 0 Å². The number of nitrogens with one attached hydrogen (secondary N) is 1. The summed E-state index contributed by atoms with van der Waals surface area (Å²) >= 11 is 0. The maximum Gasteiger partial charge on any atom is 0.240 e. The zero-order chi connectivity index (χ0) is 16.7. The van der Waals surface area contributed by atoms with E-state index >= 15 is 0 Å². The number of hydrogen-bond donors (Lipinski definition) is 1. The van der Waals surface area contributed by atoms with Crippen molar-refractivity contribution in [2.75, 3.05) is 13.1 Å². The van der Waals surface area contributed by atoms with Crippen LogP contribution < -0.4 is 4.72 Å². The largest absolute Gasteiger partial charge is 0.340 e. The Hall–Kier alpha value is -1.40. The van der Waals surface area contributed by atoms with Gasteiger partial charge in [-0.25, -0.2) is 13.1 Å². The van der Waals surface area contributed by atoms with Crippen molar-refractivity contribution >= 4 is 15.9 Å². The fraction of sp³-hybridized carbons (Fsp3) is 0.588. The third kappa shape index (κ3) is 5.04. The standard InChI is InChI=1S/C17H26N2O3S/c1-2-19(15-9-5-3-6-10-15)17(20)13-14-18-23(21,22)16-11-7-4-8-12-16/h4,7-8,11-12,15,18H,2-3,5-6,9-10,13-14H2,1H3. The molecule has 128 valence electrons. The number of benzene rings is 1. The van der Waals surface area contributed by atoms with E-state index in [1.54, 1.807) is 30.3 Å². The molecule has 1 fully saturated rings. The SMILES string of the molecule is CCN(C(=O)CCNS(=O)(=O)c1ccccc1)C1CCCCC1. The highest BCUT2D eigenvalue weighted by molar-refractivity contribution is 7.89. The summed E-state index contributed by atoms with van der Waals surface area (Å²) < 4.78 is 26.8. The second kappa shape index (κ2) is 8.45. The second-order valence-electron chi connectivity index (χ2n) is 5.93. The lowest BCUT2D eigenvalue weighted by Crippen LogP contribution is -2.42. The quantitative estimate of drug-likeness (QED) is 0.831. The first-order valence-corrected chi connectivity index (χ1v) is 9.87. The molecule has 0 radical (unpaired) electrons. The van der Waals surface area contributed by atoms with Crippen molar-refractivity contribution in [2.45, 2.75) is 56.4 Å². The van der Waals surface area contributed by atoms with Crippen LogP contribution in [0.4, 0.5) is 0 Å². The molecule has 1 amide bonds. The average Bonchev–Trinajstić information content (AvgIpc) is 2.57. The molecule has 1 aromatic carbocycles. The van der Waals surface area contributed by atoms with Gasteiger partial charge in [-0.2, -0.15) is 0 Å². The number of carbonyl (C=O) groups excluding carboxylic acids is 1. The first-order valence-electron chi connectivity index (χ1n) is 8.39. The van der Waals surface area contributed by atoms with Gasteiger partial charge in [0.15, 0.2) is 0 Å². The molecule has 1 aromatic rings. The maximum atomic E-state index is 12.4. The molecule has 0 saturated heterocycles. The van der Waals surface area contributed by atoms with Crippen molar-refractivity contribution in [3.8, 4) is 0 Å². The summed E-state index contributed by atoms with van der Waals surface area (Å²) in [6.45, 7) is 2.81. The van der Waals surface area contributed by atoms with Gasteiger partial charge in [0.1, 0.15) is 0 Å². The van der Waals surface area contributed by atoms with Gasteiger partial charge in [0.2, 0.25) is 15.9 Å². The normalized spacial score (nSPS) is 16.2. The summed E-state index contributed by atoms with van der Waals surface area (Å²) in [7, 11) is -3.53. The molecule has 2 rings (SSSR count). The minimum absolute atomic E-state index is 0.0372. The minimum atomic E-state index is -3.53. The summed E-state index contributed by atoms with van der Waals surface area (Å²) in [6.07, 6.45) is 5.93. The van der Waals surface area contributed by atoms with Crippen LogP contribution in [0.3, 0.4) is 0 Å². The van der Waals surface area contributed by atoms with E-state index in [1.165, 1.54) is 19.3 Å². The third-order valence-corrected chi connectivity index (χ3v) is 5.84. The Balaban J connectivity index is 1.86. The summed E-state index contributed by atoms with van der Waals surface area (Å²) in [6, 6.07) is 8.55. The van der Waals surface area contributed by atoms with Gasteiger partial charge in [-0.15, -0.1) is 0 Å². The third-order valence-electron chi connectivity index (χ3n) is 4.36. The van der Waals surface area contributed by atoms with E-state index < -0.39 is 10.0 Å². The highest BCUT2D eigenvalue weighted by Crippen LogP contribution is 2.22.